The number of nitrogens with zero attached hydrogens (tertiary/aromatic N) is 2. The first-order valence-corrected chi connectivity index (χ1v) is 8.18. The molecule has 0 aliphatic heterocycles. The minimum Gasteiger partial charge on any atom is -0.357 e. The summed E-state index contributed by atoms with van der Waals surface area (Å²) in [7, 11) is 0. The highest BCUT2D eigenvalue weighted by Gasteiger charge is 2.02. The first-order valence-electron chi connectivity index (χ1n) is 8.18. The Hall–Kier alpha value is -0.890. The van der Waals surface area contributed by atoms with Crippen LogP contribution in [0.5, 0.6) is 0 Å². The zero-order valence-corrected chi connectivity index (χ0v) is 16.8. The summed E-state index contributed by atoms with van der Waals surface area (Å²) in [6.07, 6.45) is 1.17. The van der Waals surface area contributed by atoms with Crippen LogP contribution in [0.4, 0.5) is 4.39 Å². The summed E-state index contributed by atoms with van der Waals surface area (Å²) in [5, 5.41) is 6.55. The highest BCUT2D eigenvalue weighted by molar-refractivity contribution is 14.0. The first kappa shape index (κ1) is 22.1. The van der Waals surface area contributed by atoms with Gasteiger partial charge in [0.2, 0.25) is 0 Å². The number of hydrogen-bond acceptors (Lipinski definition) is 2. The van der Waals surface area contributed by atoms with Gasteiger partial charge in [0.1, 0.15) is 5.82 Å². The van der Waals surface area contributed by atoms with Crippen molar-refractivity contribution < 1.29 is 4.39 Å². The Morgan fingerprint density at radius 2 is 1.96 bits per heavy atom. The van der Waals surface area contributed by atoms with Crippen LogP contribution < -0.4 is 10.6 Å². The molecule has 0 atom stereocenters. The van der Waals surface area contributed by atoms with E-state index in [0.29, 0.717) is 6.54 Å². The lowest BCUT2D eigenvalue weighted by molar-refractivity contribution is 0.293. The fourth-order valence-electron chi connectivity index (χ4n) is 2.22. The average molecular weight is 436 g/mol. The Morgan fingerprint density at radius 1 is 1.17 bits per heavy atom. The molecule has 0 fully saturated rings. The maximum atomic E-state index is 13.2. The van der Waals surface area contributed by atoms with Gasteiger partial charge < -0.3 is 15.5 Å². The molecule has 0 radical (unpaired) electrons. The molecule has 4 nitrogen and oxygen atoms in total. The molecule has 0 unspecified atom stereocenters. The molecule has 1 aromatic carbocycles. The summed E-state index contributed by atoms with van der Waals surface area (Å²) in [6.45, 7) is 11.7. The highest BCUT2D eigenvalue weighted by Crippen LogP contribution is 2.04. The van der Waals surface area contributed by atoms with E-state index in [1.54, 1.807) is 6.07 Å². The molecule has 0 amide bonds. The first-order chi connectivity index (χ1) is 10.7. The summed E-state index contributed by atoms with van der Waals surface area (Å²) in [4.78, 5) is 6.91. The van der Waals surface area contributed by atoms with Gasteiger partial charge in [-0.15, -0.1) is 24.0 Å². The normalized spacial score (nSPS) is 11.3. The molecule has 0 bridgehead atoms. The second-order valence-corrected chi connectivity index (χ2v) is 5.19. The fraction of sp³-hybridized carbons (Fsp3) is 0.588. The summed E-state index contributed by atoms with van der Waals surface area (Å²) in [5.41, 5.74) is 0.873. The van der Waals surface area contributed by atoms with Crippen molar-refractivity contribution in [1.29, 1.82) is 0 Å². The Balaban J connectivity index is 0.00000484. The van der Waals surface area contributed by atoms with Gasteiger partial charge in [0.05, 0.1) is 6.54 Å². The smallest absolute Gasteiger partial charge is 0.191 e. The van der Waals surface area contributed by atoms with E-state index < -0.39 is 0 Å². The molecule has 0 spiro atoms. The van der Waals surface area contributed by atoms with Crippen LogP contribution in [0.15, 0.2) is 29.3 Å². The van der Waals surface area contributed by atoms with Gasteiger partial charge >= 0.3 is 0 Å². The zero-order chi connectivity index (χ0) is 16.2. The zero-order valence-electron chi connectivity index (χ0n) is 14.4. The third-order valence-electron chi connectivity index (χ3n) is 3.36. The molecule has 1 rings (SSSR count). The number of halogens is 2. The van der Waals surface area contributed by atoms with Gasteiger partial charge in [-0.1, -0.05) is 26.0 Å². The van der Waals surface area contributed by atoms with Crippen LogP contribution in [0.25, 0.3) is 0 Å². The second-order valence-electron chi connectivity index (χ2n) is 5.19. The molecular formula is C17H30FIN4. The number of rotatable bonds is 9. The van der Waals surface area contributed by atoms with Crippen molar-refractivity contribution in [2.45, 2.75) is 33.7 Å². The van der Waals surface area contributed by atoms with Crippen molar-refractivity contribution >= 4 is 29.9 Å². The van der Waals surface area contributed by atoms with Crippen molar-refractivity contribution in [1.82, 2.24) is 15.5 Å². The van der Waals surface area contributed by atoms with Crippen molar-refractivity contribution in [3.05, 3.63) is 35.6 Å². The van der Waals surface area contributed by atoms with Crippen LogP contribution in [0.2, 0.25) is 0 Å². The molecule has 1 aromatic rings. The number of likely N-dealkylation sites (N-methyl/N-ethyl adjacent to an activating group) is 1. The predicted octanol–water partition coefficient (Wildman–Crippen LogP) is 3.23. The summed E-state index contributed by atoms with van der Waals surface area (Å²) < 4.78 is 13.2. The lowest BCUT2D eigenvalue weighted by Gasteiger charge is -2.20. The van der Waals surface area contributed by atoms with E-state index in [0.717, 1.165) is 44.2 Å². The van der Waals surface area contributed by atoms with Crippen LogP contribution in [-0.2, 0) is 6.54 Å². The number of aliphatic imine (C=N–C) groups is 1. The predicted molar refractivity (Wildman–Crippen MR) is 107 cm³/mol. The largest absolute Gasteiger partial charge is 0.357 e. The third-order valence-corrected chi connectivity index (χ3v) is 3.36. The highest BCUT2D eigenvalue weighted by atomic mass is 127. The monoisotopic (exact) mass is 436 g/mol. The lowest BCUT2D eigenvalue weighted by atomic mass is 10.2. The lowest BCUT2D eigenvalue weighted by Crippen LogP contribution is -2.41. The topological polar surface area (TPSA) is 39.7 Å². The molecule has 0 aliphatic carbocycles. The molecule has 0 aliphatic rings. The number of benzene rings is 1. The quantitative estimate of drug-likeness (QED) is 0.355. The van der Waals surface area contributed by atoms with Gasteiger partial charge in [0, 0.05) is 19.6 Å². The van der Waals surface area contributed by atoms with E-state index in [4.69, 9.17) is 0 Å². The van der Waals surface area contributed by atoms with Gasteiger partial charge in [-0.2, -0.15) is 0 Å². The van der Waals surface area contributed by atoms with Gasteiger partial charge in [0.15, 0.2) is 5.96 Å². The Labute approximate surface area is 157 Å². The Bertz CT molecular complexity index is 454. The van der Waals surface area contributed by atoms with Gasteiger partial charge in [0.25, 0.3) is 0 Å². The number of nitrogens with one attached hydrogen (secondary N) is 2. The van der Waals surface area contributed by atoms with E-state index in [9.17, 15) is 4.39 Å². The van der Waals surface area contributed by atoms with Crippen LogP contribution in [0.3, 0.4) is 0 Å². The van der Waals surface area contributed by atoms with Crippen LogP contribution in [0, 0.1) is 5.82 Å². The van der Waals surface area contributed by atoms with Crippen LogP contribution in [-0.4, -0.2) is 43.6 Å². The van der Waals surface area contributed by atoms with Crippen LogP contribution in [0.1, 0.15) is 32.8 Å². The van der Waals surface area contributed by atoms with Crippen molar-refractivity contribution in [3.63, 3.8) is 0 Å². The Morgan fingerprint density at radius 3 is 2.57 bits per heavy atom. The Kier molecular flexibility index (Phi) is 13.0. The maximum absolute atomic E-state index is 13.2. The van der Waals surface area contributed by atoms with Crippen LogP contribution >= 0.6 is 24.0 Å². The molecule has 23 heavy (non-hydrogen) atoms. The molecule has 0 saturated carbocycles. The molecule has 2 N–H and O–H groups in total. The van der Waals surface area contributed by atoms with Gasteiger partial charge in [-0.05, 0) is 44.1 Å². The maximum Gasteiger partial charge on any atom is 0.191 e. The van der Waals surface area contributed by atoms with E-state index in [1.165, 1.54) is 18.6 Å². The summed E-state index contributed by atoms with van der Waals surface area (Å²) in [6, 6.07) is 6.57. The van der Waals surface area contributed by atoms with E-state index in [-0.39, 0.29) is 29.8 Å². The fourth-order valence-corrected chi connectivity index (χ4v) is 2.22. The minimum atomic E-state index is -0.219. The molecule has 0 saturated heterocycles. The van der Waals surface area contributed by atoms with Gasteiger partial charge in [-0.25, -0.2) is 9.38 Å². The van der Waals surface area contributed by atoms with Gasteiger partial charge in [-0.3, -0.25) is 0 Å². The molecule has 6 heteroatoms. The number of hydrogen-bond donors (Lipinski definition) is 2. The minimum absolute atomic E-state index is 0. The second kappa shape index (κ2) is 13.5. The third kappa shape index (κ3) is 9.76. The SMILES string of the molecule is CCCN(CC)CCNC(=NCc1cccc(F)c1)NCC.I. The molecular weight excluding hydrogens is 406 g/mol. The molecule has 0 heterocycles. The summed E-state index contributed by atoms with van der Waals surface area (Å²) in [5.74, 6) is 0.558. The molecule has 132 valence electrons. The van der Waals surface area contributed by atoms with Crippen molar-refractivity contribution in [3.8, 4) is 0 Å². The van der Waals surface area contributed by atoms with E-state index in [1.807, 2.05) is 13.0 Å². The van der Waals surface area contributed by atoms with E-state index in [2.05, 4.69) is 34.4 Å². The number of guanidine groups is 1. The standard InChI is InChI=1S/C17H29FN4.HI/c1-4-11-22(6-3)12-10-20-17(19-5-2)21-14-15-8-7-9-16(18)13-15;/h7-9,13H,4-6,10-12,14H2,1-3H3,(H2,19,20,21);1H. The van der Waals surface area contributed by atoms with Crippen molar-refractivity contribution in [2.75, 3.05) is 32.7 Å². The molecule has 0 aromatic heterocycles. The van der Waals surface area contributed by atoms with Crippen molar-refractivity contribution in [2.24, 2.45) is 4.99 Å². The van der Waals surface area contributed by atoms with E-state index >= 15 is 0 Å². The average Bonchev–Trinajstić information content (AvgIpc) is 2.51. The summed E-state index contributed by atoms with van der Waals surface area (Å²) >= 11 is 0.